The number of hydrogen-bond acceptors (Lipinski definition) is 6. The Balaban J connectivity index is 1.53. The van der Waals surface area contributed by atoms with Crippen molar-refractivity contribution in [1.29, 1.82) is 5.26 Å². The number of methoxy groups -OCH3 is 1. The highest BCUT2D eigenvalue weighted by Crippen LogP contribution is 2.29. The van der Waals surface area contributed by atoms with Gasteiger partial charge in [0.25, 0.3) is 0 Å². The zero-order valence-corrected chi connectivity index (χ0v) is 18.7. The molecule has 7 nitrogen and oxygen atoms in total. The molecule has 4 aromatic rings. The molecule has 0 radical (unpaired) electrons. The van der Waals surface area contributed by atoms with Gasteiger partial charge < -0.3 is 10.1 Å². The third-order valence-corrected chi connectivity index (χ3v) is 5.78. The van der Waals surface area contributed by atoms with Crippen molar-refractivity contribution >= 4 is 23.4 Å². The number of hydrogen-bond donors (Lipinski definition) is 1. The van der Waals surface area contributed by atoms with Crippen LogP contribution in [0.1, 0.15) is 5.56 Å². The quantitative estimate of drug-likeness (QED) is 0.386. The van der Waals surface area contributed by atoms with Gasteiger partial charge in [-0.2, -0.15) is 5.26 Å². The summed E-state index contributed by atoms with van der Waals surface area (Å²) in [6.45, 7) is 0. The molecular formula is C25H21N5O2S. The molecule has 0 saturated heterocycles. The number of amides is 1. The predicted octanol–water partition coefficient (Wildman–Crippen LogP) is 4.74. The summed E-state index contributed by atoms with van der Waals surface area (Å²) in [5, 5.41) is 21.0. The molecule has 0 aliphatic heterocycles. The van der Waals surface area contributed by atoms with Crippen LogP contribution in [-0.4, -0.2) is 33.5 Å². The molecule has 0 saturated carbocycles. The fourth-order valence-corrected chi connectivity index (χ4v) is 3.98. The minimum absolute atomic E-state index is 0.151. The molecule has 0 aliphatic rings. The van der Waals surface area contributed by atoms with Crippen molar-refractivity contribution in [3.05, 3.63) is 84.4 Å². The van der Waals surface area contributed by atoms with Gasteiger partial charge in [0.15, 0.2) is 11.0 Å². The lowest BCUT2D eigenvalue weighted by Crippen LogP contribution is -2.14. The molecule has 1 heterocycles. The maximum absolute atomic E-state index is 12.5. The lowest BCUT2D eigenvalue weighted by Gasteiger charge is -2.11. The second kappa shape index (κ2) is 10.5. The van der Waals surface area contributed by atoms with Crippen LogP contribution in [0.2, 0.25) is 0 Å². The highest BCUT2D eigenvalue weighted by atomic mass is 32.2. The van der Waals surface area contributed by atoms with E-state index in [2.05, 4.69) is 21.6 Å². The van der Waals surface area contributed by atoms with E-state index in [0.717, 1.165) is 22.6 Å². The molecule has 164 valence electrons. The summed E-state index contributed by atoms with van der Waals surface area (Å²) in [6.07, 6.45) is 0.343. The Morgan fingerprint density at radius 2 is 1.76 bits per heavy atom. The molecule has 1 amide bonds. The molecule has 0 bridgehead atoms. The van der Waals surface area contributed by atoms with E-state index in [1.54, 1.807) is 19.2 Å². The number of carbonyl (C=O) groups is 1. The lowest BCUT2D eigenvalue weighted by atomic mass is 10.1. The molecule has 0 spiro atoms. The first-order valence-electron chi connectivity index (χ1n) is 10.2. The van der Waals surface area contributed by atoms with Crippen LogP contribution < -0.4 is 10.1 Å². The van der Waals surface area contributed by atoms with Crippen molar-refractivity contribution in [2.24, 2.45) is 0 Å². The lowest BCUT2D eigenvalue weighted by molar-refractivity contribution is -0.113. The first kappa shape index (κ1) is 22.1. The molecule has 33 heavy (non-hydrogen) atoms. The normalized spacial score (nSPS) is 10.4. The van der Waals surface area contributed by atoms with Crippen LogP contribution in [0.5, 0.6) is 5.75 Å². The Labute approximate surface area is 196 Å². The van der Waals surface area contributed by atoms with Crippen molar-refractivity contribution in [2.45, 2.75) is 11.6 Å². The number of aromatic nitrogens is 3. The maximum atomic E-state index is 12.5. The maximum Gasteiger partial charge on any atom is 0.234 e. The summed E-state index contributed by atoms with van der Waals surface area (Å²) in [5.74, 6) is 1.46. The zero-order chi connectivity index (χ0) is 23.0. The van der Waals surface area contributed by atoms with Gasteiger partial charge in [0.1, 0.15) is 5.75 Å². The number of benzene rings is 3. The Hall–Kier alpha value is -4.09. The van der Waals surface area contributed by atoms with Gasteiger partial charge in [-0.3, -0.25) is 9.36 Å². The first-order chi connectivity index (χ1) is 16.2. The van der Waals surface area contributed by atoms with E-state index in [-0.39, 0.29) is 11.7 Å². The number of rotatable bonds is 8. The van der Waals surface area contributed by atoms with Crippen LogP contribution in [0.25, 0.3) is 17.1 Å². The molecule has 3 aromatic carbocycles. The van der Waals surface area contributed by atoms with E-state index in [9.17, 15) is 4.79 Å². The van der Waals surface area contributed by atoms with Crippen LogP contribution in [-0.2, 0) is 11.2 Å². The Bertz CT molecular complexity index is 1260. The molecular weight excluding hydrogens is 434 g/mol. The van der Waals surface area contributed by atoms with Crippen molar-refractivity contribution in [1.82, 2.24) is 14.8 Å². The predicted molar refractivity (Wildman–Crippen MR) is 128 cm³/mol. The summed E-state index contributed by atoms with van der Waals surface area (Å²) < 4.78 is 7.19. The summed E-state index contributed by atoms with van der Waals surface area (Å²) in [4.78, 5) is 12.5. The summed E-state index contributed by atoms with van der Waals surface area (Å²) in [7, 11) is 1.63. The molecule has 1 N–H and O–H groups in total. The largest absolute Gasteiger partial charge is 0.497 e. The molecule has 0 unspecified atom stereocenters. The van der Waals surface area contributed by atoms with E-state index in [1.807, 2.05) is 71.3 Å². The summed E-state index contributed by atoms with van der Waals surface area (Å²) in [5.41, 5.74) is 3.39. The smallest absolute Gasteiger partial charge is 0.234 e. The second-order valence-corrected chi connectivity index (χ2v) is 8.02. The number of nitrogens with one attached hydrogen (secondary N) is 1. The van der Waals surface area contributed by atoms with Crippen LogP contribution in [0.15, 0.2) is 84.0 Å². The van der Waals surface area contributed by atoms with E-state index in [4.69, 9.17) is 10.00 Å². The fourth-order valence-electron chi connectivity index (χ4n) is 3.22. The number of carbonyl (C=O) groups excluding carboxylic acids is 1. The average molecular weight is 456 g/mol. The SMILES string of the molecule is COc1ccc(-c2nnc(SCC(=O)Nc3ccc(CC#N)cc3)n2-c2ccccc2)cc1. The second-order valence-electron chi connectivity index (χ2n) is 7.07. The number of para-hydroxylation sites is 1. The Morgan fingerprint density at radius 1 is 1.03 bits per heavy atom. The van der Waals surface area contributed by atoms with E-state index in [0.29, 0.717) is 23.1 Å². The van der Waals surface area contributed by atoms with Gasteiger partial charge in [-0.15, -0.1) is 10.2 Å². The minimum Gasteiger partial charge on any atom is -0.497 e. The monoisotopic (exact) mass is 455 g/mol. The van der Waals surface area contributed by atoms with Gasteiger partial charge in [0, 0.05) is 16.9 Å². The van der Waals surface area contributed by atoms with Crippen molar-refractivity contribution in [3.63, 3.8) is 0 Å². The molecule has 0 atom stereocenters. The Morgan fingerprint density at radius 3 is 2.42 bits per heavy atom. The van der Waals surface area contributed by atoms with E-state index < -0.39 is 0 Å². The fraction of sp³-hybridized carbons (Fsp3) is 0.120. The van der Waals surface area contributed by atoms with Crippen LogP contribution in [0.3, 0.4) is 0 Å². The molecule has 8 heteroatoms. The summed E-state index contributed by atoms with van der Waals surface area (Å²) in [6, 6.07) is 26.8. The molecule has 0 aliphatic carbocycles. The van der Waals surface area contributed by atoms with Crippen LogP contribution in [0, 0.1) is 11.3 Å². The van der Waals surface area contributed by atoms with E-state index >= 15 is 0 Å². The zero-order valence-electron chi connectivity index (χ0n) is 17.9. The van der Waals surface area contributed by atoms with Gasteiger partial charge >= 0.3 is 0 Å². The number of thioether (sulfide) groups is 1. The number of nitrogens with zero attached hydrogens (tertiary/aromatic N) is 4. The molecule has 4 rings (SSSR count). The van der Waals surface area contributed by atoms with Crippen LogP contribution in [0.4, 0.5) is 5.69 Å². The minimum atomic E-state index is -0.151. The van der Waals surface area contributed by atoms with E-state index in [1.165, 1.54) is 11.8 Å². The highest BCUT2D eigenvalue weighted by molar-refractivity contribution is 7.99. The highest BCUT2D eigenvalue weighted by Gasteiger charge is 2.17. The van der Waals surface area contributed by atoms with Crippen molar-refractivity contribution in [3.8, 4) is 28.9 Å². The van der Waals surface area contributed by atoms with Crippen molar-refractivity contribution in [2.75, 3.05) is 18.2 Å². The standard InChI is InChI=1S/C25H21N5O2S/c1-32-22-13-9-19(10-14-22)24-28-29-25(30(24)21-5-3-2-4-6-21)33-17-23(31)27-20-11-7-18(8-12-20)15-16-26/h2-14H,15,17H2,1H3,(H,27,31). The van der Waals surface area contributed by atoms with Gasteiger partial charge in [0.2, 0.25) is 5.91 Å². The number of anilines is 1. The number of nitriles is 1. The third-order valence-electron chi connectivity index (χ3n) is 4.85. The topological polar surface area (TPSA) is 92.8 Å². The molecule has 1 aromatic heterocycles. The first-order valence-corrected chi connectivity index (χ1v) is 11.2. The third kappa shape index (κ3) is 5.40. The Kier molecular flexibility index (Phi) is 7.03. The van der Waals surface area contributed by atoms with Gasteiger partial charge in [-0.25, -0.2) is 0 Å². The summed E-state index contributed by atoms with van der Waals surface area (Å²) >= 11 is 1.31. The van der Waals surface area contributed by atoms with Gasteiger partial charge in [0.05, 0.1) is 25.4 Å². The number of ether oxygens (including phenoxy) is 1. The average Bonchev–Trinajstić information content (AvgIpc) is 3.29. The van der Waals surface area contributed by atoms with Gasteiger partial charge in [-0.05, 0) is 54.1 Å². The van der Waals surface area contributed by atoms with Crippen LogP contribution >= 0.6 is 11.8 Å². The molecule has 0 fully saturated rings. The van der Waals surface area contributed by atoms with Crippen molar-refractivity contribution < 1.29 is 9.53 Å². The van der Waals surface area contributed by atoms with Gasteiger partial charge in [-0.1, -0.05) is 42.1 Å².